The molecule has 1 aromatic heterocycles. The number of benzene rings is 2. The molecule has 2 aromatic carbocycles. The number of nitrogens with zero attached hydrogens (tertiary/aromatic N) is 1. The van der Waals surface area contributed by atoms with E-state index in [0.717, 1.165) is 24.0 Å². The van der Waals surface area contributed by atoms with Crippen molar-refractivity contribution in [2.75, 3.05) is 13.7 Å². The van der Waals surface area contributed by atoms with E-state index in [4.69, 9.17) is 9.15 Å². The summed E-state index contributed by atoms with van der Waals surface area (Å²) in [6, 6.07) is 6.50. The minimum atomic E-state index is -0.624. The molecule has 0 spiro atoms. The van der Waals surface area contributed by atoms with Crippen LogP contribution in [-0.2, 0) is 0 Å². The Bertz CT molecular complexity index is 1260. The van der Waals surface area contributed by atoms with Crippen LogP contribution in [0.15, 0.2) is 37.9 Å². The van der Waals surface area contributed by atoms with Crippen molar-refractivity contribution >= 4 is 32.8 Å². The van der Waals surface area contributed by atoms with E-state index in [1.165, 1.54) is 7.11 Å². The Labute approximate surface area is 188 Å². The van der Waals surface area contributed by atoms with Crippen LogP contribution >= 0.6 is 15.9 Å². The number of amides is 1. The molecular formula is C24H24BrNO5. The summed E-state index contributed by atoms with van der Waals surface area (Å²) in [7, 11) is 1.46. The van der Waals surface area contributed by atoms with Gasteiger partial charge in [0.2, 0.25) is 5.76 Å². The lowest BCUT2D eigenvalue weighted by atomic mass is 9.97. The molecule has 162 valence electrons. The summed E-state index contributed by atoms with van der Waals surface area (Å²) in [4.78, 5) is 28.7. The van der Waals surface area contributed by atoms with Crippen LogP contribution in [0.1, 0.15) is 58.6 Å². The second-order valence-corrected chi connectivity index (χ2v) is 8.80. The molecule has 4 rings (SSSR count). The first kappa shape index (κ1) is 21.4. The number of carbonyl (C=O) groups is 1. The molecule has 2 heterocycles. The van der Waals surface area contributed by atoms with E-state index in [-0.39, 0.29) is 28.6 Å². The summed E-state index contributed by atoms with van der Waals surface area (Å²) in [6.45, 7) is 6.33. The molecule has 1 amide bonds. The Morgan fingerprint density at radius 3 is 2.61 bits per heavy atom. The van der Waals surface area contributed by atoms with Crippen LogP contribution in [0.5, 0.6) is 11.5 Å². The number of carbonyl (C=O) groups excluding carboxylic acids is 1. The van der Waals surface area contributed by atoms with Crippen molar-refractivity contribution < 1.29 is 19.1 Å². The van der Waals surface area contributed by atoms with E-state index in [0.29, 0.717) is 33.1 Å². The van der Waals surface area contributed by atoms with Crippen molar-refractivity contribution in [1.29, 1.82) is 0 Å². The maximum atomic E-state index is 13.6. The predicted molar refractivity (Wildman–Crippen MR) is 122 cm³/mol. The Hall–Kier alpha value is -2.80. The zero-order valence-corrected chi connectivity index (χ0v) is 19.5. The van der Waals surface area contributed by atoms with Gasteiger partial charge in [0.15, 0.2) is 16.9 Å². The van der Waals surface area contributed by atoms with Gasteiger partial charge in [0.05, 0.1) is 28.6 Å². The monoisotopic (exact) mass is 485 g/mol. The number of rotatable bonds is 5. The minimum absolute atomic E-state index is 0.0345. The van der Waals surface area contributed by atoms with Crippen molar-refractivity contribution in [3.8, 4) is 11.5 Å². The topological polar surface area (TPSA) is 80.0 Å². The summed E-state index contributed by atoms with van der Waals surface area (Å²) in [5, 5.41) is 10.7. The Morgan fingerprint density at radius 2 is 1.94 bits per heavy atom. The van der Waals surface area contributed by atoms with E-state index < -0.39 is 6.04 Å². The molecule has 0 radical (unpaired) electrons. The van der Waals surface area contributed by atoms with Crippen molar-refractivity contribution in [2.45, 2.75) is 39.7 Å². The number of fused-ring (bicyclic) bond motifs is 2. The molecule has 6 nitrogen and oxygen atoms in total. The van der Waals surface area contributed by atoms with Gasteiger partial charge < -0.3 is 19.2 Å². The molecular weight excluding hydrogens is 462 g/mol. The standard InChI is InChI=1S/C24H24BrNO5/c1-5-6-7-26-19(14-10-16(25)21(28)17(11-14)30-4)18-20(27)15-9-12(2)8-13(3)22(15)31-23(18)24(26)29/h8-11,19,28H,5-7H2,1-4H3. The third kappa shape index (κ3) is 3.41. The fourth-order valence-electron chi connectivity index (χ4n) is 4.29. The maximum Gasteiger partial charge on any atom is 0.290 e. The molecule has 1 N–H and O–H groups in total. The summed E-state index contributed by atoms with van der Waals surface area (Å²) in [5.41, 5.74) is 3.01. The average molecular weight is 486 g/mol. The zero-order valence-electron chi connectivity index (χ0n) is 17.9. The first-order valence-corrected chi connectivity index (χ1v) is 11.0. The normalized spacial score (nSPS) is 15.6. The van der Waals surface area contributed by atoms with Gasteiger partial charge in [-0.05, 0) is 71.1 Å². The molecule has 0 saturated carbocycles. The van der Waals surface area contributed by atoms with Gasteiger partial charge in [0.25, 0.3) is 5.91 Å². The van der Waals surface area contributed by atoms with Gasteiger partial charge in [-0.3, -0.25) is 9.59 Å². The van der Waals surface area contributed by atoms with Crippen molar-refractivity contribution in [3.63, 3.8) is 0 Å². The fraction of sp³-hybridized carbons (Fsp3) is 0.333. The first-order valence-electron chi connectivity index (χ1n) is 10.2. The summed E-state index contributed by atoms with van der Waals surface area (Å²) >= 11 is 3.35. The van der Waals surface area contributed by atoms with Crippen LogP contribution in [0.4, 0.5) is 0 Å². The van der Waals surface area contributed by atoms with Gasteiger partial charge in [0, 0.05) is 6.54 Å². The molecule has 7 heteroatoms. The SMILES string of the molecule is CCCCN1C(=O)c2oc3c(C)cc(C)cc3c(=O)c2C1c1cc(Br)c(O)c(OC)c1. The number of methoxy groups -OCH3 is 1. The van der Waals surface area contributed by atoms with E-state index in [2.05, 4.69) is 15.9 Å². The molecule has 31 heavy (non-hydrogen) atoms. The lowest BCUT2D eigenvalue weighted by Gasteiger charge is -2.25. The molecule has 0 bridgehead atoms. The van der Waals surface area contributed by atoms with E-state index in [1.807, 2.05) is 26.8 Å². The number of halogens is 1. The highest BCUT2D eigenvalue weighted by Gasteiger charge is 2.43. The van der Waals surface area contributed by atoms with Gasteiger partial charge in [-0.1, -0.05) is 19.4 Å². The highest BCUT2D eigenvalue weighted by atomic mass is 79.9. The molecule has 1 aliphatic rings. The second-order valence-electron chi connectivity index (χ2n) is 7.94. The fourth-order valence-corrected chi connectivity index (χ4v) is 4.75. The zero-order chi connectivity index (χ0) is 22.4. The van der Waals surface area contributed by atoms with Crippen molar-refractivity contribution in [3.05, 3.63) is 67.0 Å². The van der Waals surface area contributed by atoms with Crippen LogP contribution in [-0.4, -0.2) is 29.6 Å². The number of phenolic OH excluding ortho intramolecular Hbond substituents is 1. The molecule has 3 aromatic rings. The largest absolute Gasteiger partial charge is 0.503 e. The maximum absolute atomic E-state index is 13.6. The third-order valence-electron chi connectivity index (χ3n) is 5.74. The number of hydrogen-bond donors (Lipinski definition) is 1. The highest BCUT2D eigenvalue weighted by molar-refractivity contribution is 9.10. The molecule has 1 unspecified atom stereocenters. The number of ether oxygens (including phenoxy) is 1. The number of aryl methyl sites for hydroxylation is 2. The Kier molecular flexibility index (Phi) is 5.56. The average Bonchev–Trinajstić information content (AvgIpc) is 3.01. The first-order chi connectivity index (χ1) is 14.8. The van der Waals surface area contributed by atoms with Gasteiger partial charge in [0.1, 0.15) is 5.58 Å². The van der Waals surface area contributed by atoms with Crippen molar-refractivity contribution in [1.82, 2.24) is 4.90 Å². The van der Waals surface area contributed by atoms with Gasteiger partial charge in [-0.2, -0.15) is 0 Å². The van der Waals surface area contributed by atoms with Gasteiger partial charge in [-0.15, -0.1) is 0 Å². The number of hydrogen-bond acceptors (Lipinski definition) is 5. The molecule has 1 atom stereocenters. The van der Waals surface area contributed by atoms with E-state index >= 15 is 0 Å². The quantitative estimate of drug-likeness (QED) is 0.534. The highest BCUT2D eigenvalue weighted by Crippen LogP contribution is 2.43. The second kappa shape index (κ2) is 8.04. The molecule has 0 aliphatic carbocycles. The lowest BCUT2D eigenvalue weighted by Crippen LogP contribution is -2.30. The molecule has 1 aliphatic heterocycles. The van der Waals surface area contributed by atoms with Crippen LogP contribution in [0.25, 0.3) is 11.0 Å². The van der Waals surface area contributed by atoms with Crippen molar-refractivity contribution in [2.24, 2.45) is 0 Å². The third-order valence-corrected chi connectivity index (χ3v) is 6.34. The van der Waals surface area contributed by atoms with E-state index in [9.17, 15) is 14.7 Å². The Balaban J connectivity index is 2.03. The van der Waals surface area contributed by atoms with Crippen LogP contribution in [0, 0.1) is 13.8 Å². The predicted octanol–water partition coefficient (Wildman–Crippen LogP) is 5.23. The van der Waals surface area contributed by atoms with Crippen LogP contribution < -0.4 is 10.2 Å². The number of phenols is 1. The lowest BCUT2D eigenvalue weighted by molar-refractivity contribution is 0.0725. The summed E-state index contributed by atoms with van der Waals surface area (Å²) in [5.74, 6) is 0.0228. The van der Waals surface area contributed by atoms with Crippen LogP contribution in [0.2, 0.25) is 0 Å². The molecule has 0 saturated heterocycles. The number of aromatic hydroxyl groups is 1. The molecule has 0 fully saturated rings. The summed E-state index contributed by atoms with van der Waals surface area (Å²) in [6.07, 6.45) is 1.69. The van der Waals surface area contributed by atoms with Gasteiger partial charge in [-0.25, -0.2) is 0 Å². The van der Waals surface area contributed by atoms with E-state index in [1.54, 1.807) is 23.1 Å². The number of unbranched alkanes of at least 4 members (excludes halogenated alkanes) is 1. The minimum Gasteiger partial charge on any atom is -0.503 e. The van der Waals surface area contributed by atoms with Gasteiger partial charge >= 0.3 is 0 Å². The smallest absolute Gasteiger partial charge is 0.290 e. The summed E-state index contributed by atoms with van der Waals surface area (Å²) < 4.78 is 11.8. The Morgan fingerprint density at radius 1 is 1.19 bits per heavy atom. The van der Waals surface area contributed by atoms with Crippen LogP contribution in [0.3, 0.4) is 0 Å².